The number of rotatable bonds is 6. The molecule has 0 fully saturated rings. The van der Waals surface area contributed by atoms with Crippen molar-refractivity contribution in [1.82, 2.24) is 0 Å². The van der Waals surface area contributed by atoms with Gasteiger partial charge in [0.2, 0.25) is 11.8 Å². The van der Waals surface area contributed by atoms with E-state index in [1.807, 2.05) is 0 Å². The standard InChI is InChI=1S/C20H21ClN2O5S2/c1-11(8-19(24)22-15-9-13(21)4-6-17(15)28-3)30(26,27)14-5-7-18-16(10-14)23-20(25)12(2)29-18/h4-7,9-12H,8H2,1-3H3,(H,22,24)(H,23,25)/t11-,12+/m0/s1. The lowest BCUT2D eigenvalue weighted by atomic mass is 10.2. The van der Waals surface area contributed by atoms with E-state index in [9.17, 15) is 18.0 Å². The molecule has 0 aliphatic carbocycles. The number of fused-ring (bicyclic) bond motifs is 1. The minimum atomic E-state index is -3.79. The first-order valence-electron chi connectivity index (χ1n) is 9.10. The molecular weight excluding hydrogens is 448 g/mol. The summed E-state index contributed by atoms with van der Waals surface area (Å²) in [5.74, 6) is -0.243. The van der Waals surface area contributed by atoms with Crippen LogP contribution in [0.25, 0.3) is 0 Å². The first-order chi connectivity index (χ1) is 14.1. The second-order valence-electron chi connectivity index (χ2n) is 6.86. The van der Waals surface area contributed by atoms with E-state index in [1.54, 1.807) is 25.1 Å². The highest BCUT2D eigenvalue weighted by Gasteiger charge is 2.29. The molecule has 2 aromatic rings. The van der Waals surface area contributed by atoms with Gasteiger partial charge in [0.1, 0.15) is 5.75 Å². The molecule has 30 heavy (non-hydrogen) atoms. The van der Waals surface area contributed by atoms with Gasteiger partial charge in [-0.05, 0) is 50.2 Å². The maximum absolute atomic E-state index is 13.0. The summed E-state index contributed by atoms with van der Waals surface area (Å²) in [6, 6.07) is 9.37. The fourth-order valence-corrected chi connectivity index (χ4v) is 5.42. The highest BCUT2D eigenvalue weighted by molar-refractivity contribution is 8.01. The van der Waals surface area contributed by atoms with Crippen LogP contribution in [-0.4, -0.2) is 37.8 Å². The Bertz CT molecular complexity index is 1100. The molecule has 2 aromatic carbocycles. The van der Waals surface area contributed by atoms with Gasteiger partial charge in [-0.1, -0.05) is 11.6 Å². The Morgan fingerprint density at radius 3 is 2.73 bits per heavy atom. The molecule has 2 amide bonds. The fraction of sp³-hybridized carbons (Fsp3) is 0.300. The zero-order chi connectivity index (χ0) is 22.1. The van der Waals surface area contributed by atoms with Crippen LogP contribution < -0.4 is 15.4 Å². The van der Waals surface area contributed by atoms with Gasteiger partial charge in [0, 0.05) is 16.3 Å². The smallest absolute Gasteiger partial charge is 0.237 e. The maximum atomic E-state index is 13.0. The van der Waals surface area contributed by atoms with Crippen LogP contribution in [0.3, 0.4) is 0 Å². The Labute approximate surface area is 184 Å². The number of hydrogen-bond acceptors (Lipinski definition) is 6. The molecule has 2 atom stereocenters. The maximum Gasteiger partial charge on any atom is 0.237 e. The summed E-state index contributed by atoms with van der Waals surface area (Å²) in [6.07, 6.45) is -0.257. The Morgan fingerprint density at radius 2 is 2.03 bits per heavy atom. The van der Waals surface area contributed by atoms with Crippen LogP contribution in [0.1, 0.15) is 20.3 Å². The molecule has 2 N–H and O–H groups in total. The number of benzene rings is 2. The summed E-state index contributed by atoms with van der Waals surface area (Å²) in [5.41, 5.74) is 0.826. The minimum Gasteiger partial charge on any atom is -0.495 e. The summed E-state index contributed by atoms with van der Waals surface area (Å²) >= 11 is 7.33. The molecular formula is C20H21ClN2O5S2. The van der Waals surface area contributed by atoms with Gasteiger partial charge in [0.15, 0.2) is 9.84 Å². The van der Waals surface area contributed by atoms with Crippen molar-refractivity contribution < 1.29 is 22.7 Å². The van der Waals surface area contributed by atoms with E-state index in [0.29, 0.717) is 22.1 Å². The quantitative estimate of drug-likeness (QED) is 0.665. The Hall–Kier alpha value is -2.23. The molecule has 1 aliphatic rings. The van der Waals surface area contributed by atoms with E-state index >= 15 is 0 Å². The van der Waals surface area contributed by atoms with E-state index in [1.165, 1.54) is 44.0 Å². The molecule has 160 valence electrons. The van der Waals surface area contributed by atoms with Crippen LogP contribution in [0.5, 0.6) is 5.75 Å². The average molecular weight is 469 g/mol. The number of thioether (sulfide) groups is 1. The van der Waals surface area contributed by atoms with Crippen LogP contribution >= 0.6 is 23.4 Å². The van der Waals surface area contributed by atoms with Crippen molar-refractivity contribution in [3.8, 4) is 5.75 Å². The zero-order valence-corrected chi connectivity index (χ0v) is 19.0. The summed E-state index contributed by atoms with van der Waals surface area (Å²) in [5, 5.41) is 4.55. The molecule has 0 saturated heterocycles. The van der Waals surface area contributed by atoms with E-state index in [4.69, 9.17) is 16.3 Å². The molecule has 0 bridgehead atoms. The Kier molecular flexibility index (Phi) is 6.64. The highest BCUT2D eigenvalue weighted by atomic mass is 35.5. The molecule has 0 radical (unpaired) electrons. The first-order valence-corrected chi connectivity index (χ1v) is 11.9. The van der Waals surface area contributed by atoms with E-state index in [-0.39, 0.29) is 22.5 Å². The Morgan fingerprint density at radius 1 is 1.30 bits per heavy atom. The van der Waals surface area contributed by atoms with E-state index < -0.39 is 21.0 Å². The lowest BCUT2D eigenvalue weighted by Gasteiger charge is -2.22. The number of methoxy groups -OCH3 is 1. The molecule has 10 heteroatoms. The number of carbonyl (C=O) groups excluding carboxylic acids is 2. The van der Waals surface area contributed by atoms with Crippen LogP contribution in [0.15, 0.2) is 46.2 Å². The van der Waals surface area contributed by atoms with Gasteiger partial charge < -0.3 is 15.4 Å². The zero-order valence-electron chi connectivity index (χ0n) is 16.6. The van der Waals surface area contributed by atoms with Gasteiger partial charge in [0.25, 0.3) is 0 Å². The number of ether oxygens (including phenoxy) is 1. The van der Waals surface area contributed by atoms with E-state index in [0.717, 1.165) is 4.90 Å². The Balaban J connectivity index is 1.76. The van der Waals surface area contributed by atoms with Crippen molar-refractivity contribution in [3.05, 3.63) is 41.4 Å². The van der Waals surface area contributed by atoms with Crippen LogP contribution in [-0.2, 0) is 19.4 Å². The van der Waals surface area contributed by atoms with Crippen molar-refractivity contribution >= 4 is 56.4 Å². The number of anilines is 2. The molecule has 0 aromatic heterocycles. The predicted molar refractivity (Wildman–Crippen MR) is 118 cm³/mol. The normalized spacial score (nSPS) is 16.9. The largest absolute Gasteiger partial charge is 0.495 e. The van der Waals surface area contributed by atoms with Crippen LogP contribution in [0.2, 0.25) is 5.02 Å². The summed E-state index contributed by atoms with van der Waals surface area (Å²) in [4.78, 5) is 25.2. The highest BCUT2D eigenvalue weighted by Crippen LogP contribution is 2.37. The van der Waals surface area contributed by atoms with Crippen LogP contribution in [0, 0.1) is 0 Å². The molecule has 0 spiro atoms. The second kappa shape index (κ2) is 8.87. The lowest BCUT2D eigenvalue weighted by Crippen LogP contribution is -2.27. The SMILES string of the molecule is COc1ccc(Cl)cc1NC(=O)C[C@H](C)S(=O)(=O)c1ccc2c(c1)NC(=O)[C@@H](C)S2. The van der Waals surface area contributed by atoms with Crippen LogP contribution in [0.4, 0.5) is 11.4 Å². The third kappa shape index (κ3) is 4.74. The van der Waals surface area contributed by atoms with E-state index in [2.05, 4.69) is 10.6 Å². The van der Waals surface area contributed by atoms with Gasteiger partial charge in [0.05, 0.1) is 33.9 Å². The monoisotopic (exact) mass is 468 g/mol. The van der Waals surface area contributed by atoms with Gasteiger partial charge in [-0.15, -0.1) is 11.8 Å². The molecule has 7 nitrogen and oxygen atoms in total. The molecule has 0 unspecified atom stereocenters. The van der Waals surface area contributed by atoms with Crippen molar-refractivity contribution in [3.63, 3.8) is 0 Å². The van der Waals surface area contributed by atoms with Gasteiger partial charge >= 0.3 is 0 Å². The van der Waals surface area contributed by atoms with Crippen molar-refractivity contribution in [2.24, 2.45) is 0 Å². The number of hydrogen-bond donors (Lipinski definition) is 2. The van der Waals surface area contributed by atoms with Crippen molar-refractivity contribution in [1.29, 1.82) is 0 Å². The summed E-state index contributed by atoms with van der Waals surface area (Å²) in [6.45, 7) is 3.25. The molecule has 0 saturated carbocycles. The predicted octanol–water partition coefficient (Wildman–Crippen LogP) is 3.97. The topological polar surface area (TPSA) is 102 Å². The number of sulfone groups is 1. The second-order valence-corrected chi connectivity index (χ2v) is 11.0. The average Bonchev–Trinajstić information content (AvgIpc) is 2.68. The van der Waals surface area contributed by atoms with Gasteiger partial charge in [-0.3, -0.25) is 9.59 Å². The molecule has 1 aliphatic heterocycles. The van der Waals surface area contributed by atoms with Gasteiger partial charge in [-0.2, -0.15) is 0 Å². The molecule has 1 heterocycles. The first kappa shape index (κ1) is 22.5. The van der Waals surface area contributed by atoms with Gasteiger partial charge in [-0.25, -0.2) is 8.42 Å². The summed E-state index contributed by atoms with van der Waals surface area (Å²) < 4.78 is 31.2. The third-order valence-corrected chi connectivity index (χ3v) is 8.20. The third-order valence-electron chi connectivity index (χ3n) is 4.65. The molecule has 3 rings (SSSR count). The number of nitrogens with one attached hydrogen (secondary N) is 2. The van der Waals surface area contributed by atoms with Crippen molar-refractivity contribution in [2.75, 3.05) is 17.7 Å². The van der Waals surface area contributed by atoms with Crippen molar-refractivity contribution in [2.45, 2.75) is 40.6 Å². The summed E-state index contributed by atoms with van der Waals surface area (Å²) in [7, 11) is -2.34. The fourth-order valence-electron chi connectivity index (χ4n) is 2.95. The number of amides is 2. The lowest BCUT2D eigenvalue weighted by molar-refractivity contribution is -0.116. The minimum absolute atomic E-state index is 0.0531. The number of halogens is 1. The number of carbonyl (C=O) groups is 2.